The van der Waals surface area contributed by atoms with Crippen LogP contribution in [0.2, 0.25) is 0 Å². The summed E-state index contributed by atoms with van der Waals surface area (Å²) in [6.07, 6.45) is 3.66. The quantitative estimate of drug-likeness (QED) is 0.391. The van der Waals surface area contributed by atoms with E-state index in [1.54, 1.807) is 13.3 Å². The van der Waals surface area contributed by atoms with Gasteiger partial charge in [0.05, 0.1) is 12.8 Å². The van der Waals surface area contributed by atoms with E-state index >= 15 is 0 Å². The molecule has 1 aliphatic heterocycles. The number of rotatable bonds is 7. The number of anilines is 1. The average molecular weight is 492 g/mol. The van der Waals surface area contributed by atoms with Crippen molar-refractivity contribution < 1.29 is 4.74 Å². The number of piperidine rings is 1. The fraction of sp³-hybridized carbons (Fsp3) is 0.276. The zero-order chi connectivity index (χ0) is 25.6. The number of methoxy groups -OCH3 is 1. The second-order valence-corrected chi connectivity index (χ2v) is 9.15. The van der Waals surface area contributed by atoms with Crippen LogP contribution in [0.5, 0.6) is 5.88 Å². The molecule has 37 heavy (non-hydrogen) atoms. The molecule has 1 fully saturated rings. The van der Waals surface area contributed by atoms with E-state index in [0.29, 0.717) is 17.7 Å². The Labute approximate surface area is 217 Å². The first-order valence-electron chi connectivity index (χ1n) is 12.4. The Kier molecular flexibility index (Phi) is 7.33. The molecule has 5 rings (SSSR count). The highest BCUT2D eigenvalue weighted by atomic mass is 16.5. The van der Waals surface area contributed by atoms with E-state index in [-0.39, 0.29) is 5.82 Å². The zero-order valence-electron chi connectivity index (χ0n) is 21.1. The second kappa shape index (κ2) is 11.1. The number of ether oxygens (including phenoxy) is 1. The van der Waals surface area contributed by atoms with Crippen LogP contribution in [-0.2, 0) is 6.54 Å². The van der Waals surface area contributed by atoms with Gasteiger partial charge in [0.1, 0.15) is 23.3 Å². The molecule has 0 amide bonds. The predicted octanol–water partition coefficient (Wildman–Crippen LogP) is 4.87. The molecule has 0 radical (unpaired) electrons. The lowest BCUT2D eigenvalue weighted by Crippen LogP contribution is -2.38. The number of nitriles is 1. The molecule has 1 saturated heterocycles. The van der Waals surface area contributed by atoms with Gasteiger partial charge in [-0.05, 0) is 31.4 Å². The van der Waals surface area contributed by atoms with E-state index in [0.717, 1.165) is 60.7 Å². The van der Waals surface area contributed by atoms with E-state index < -0.39 is 0 Å². The molecule has 3 heterocycles. The van der Waals surface area contributed by atoms with Crippen LogP contribution in [0.1, 0.15) is 29.9 Å². The van der Waals surface area contributed by atoms with Gasteiger partial charge in [-0.1, -0.05) is 54.6 Å². The lowest BCUT2D eigenvalue weighted by atomic mass is 10.0. The molecule has 0 spiro atoms. The van der Waals surface area contributed by atoms with Crippen LogP contribution in [0.4, 0.5) is 5.82 Å². The van der Waals surface area contributed by atoms with Crippen molar-refractivity contribution in [3.05, 3.63) is 83.9 Å². The zero-order valence-corrected chi connectivity index (χ0v) is 21.1. The first-order chi connectivity index (χ1) is 18.1. The van der Waals surface area contributed by atoms with E-state index in [2.05, 4.69) is 44.5 Å². The Morgan fingerprint density at radius 1 is 0.946 bits per heavy atom. The van der Waals surface area contributed by atoms with Crippen molar-refractivity contribution in [3.8, 4) is 34.5 Å². The van der Waals surface area contributed by atoms with Crippen LogP contribution in [0.25, 0.3) is 22.5 Å². The van der Waals surface area contributed by atoms with Gasteiger partial charge >= 0.3 is 0 Å². The molecule has 8 heteroatoms. The van der Waals surface area contributed by atoms with E-state index in [1.807, 2.05) is 49.4 Å². The Morgan fingerprint density at radius 2 is 1.65 bits per heavy atom. The average Bonchev–Trinajstić information content (AvgIpc) is 2.95. The Balaban J connectivity index is 1.25. The number of nitrogens with one attached hydrogen (secondary N) is 1. The van der Waals surface area contributed by atoms with Crippen LogP contribution in [0.3, 0.4) is 0 Å². The minimum Gasteiger partial charge on any atom is -0.480 e. The van der Waals surface area contributed by atoms with Crippen molar-refractivity contribution in [3.63, 3.8) is 0 Å². The number of likely N-dealkylation sites (tertiary alicyclic amines) is 1. The number of hydrogen-bond donors (Lipinski definition) is 1. The van der Waals surface area contributed by atoms with E-state index in [4.69, 9.17) is 20.0 Å². The monoisotopic (exact) mass is 491 g/mol. The Bertz CT molecular complexity index is 1390. The highest BCUT2D eigenvalue weighted by Gasteiger charge is 2.20. The minimum atomic E-state index is 0.192. The second-order valence-electron chi connectivity index (χ2n) is 9.15. The van der Waals surface area contributed by atoms with Crippen molar-refractivity contribution in [2.45, 2.75) is 32.4 Å². The molecule has 1 aliphatic rings. The van der Waals surface area contributed by atoms with Gasteiger partial charge in [-0.25, -0.2) is 19.9 Å². The molecular formula is C29H29N7O. The Morgan fingerprint density at radius 3 is 2.35 bits per heavy atom. The molecule has 0 atom stereocenters. The first kappa shape index (κ1) is 24.3. The third-order valence-corrected chi connectivity index (χ3v) is 6.60. The smallest absolute Gasteiger partial charge is 0.235 e. The molecule has 1 N–H and O–H groups in total. The molecular weight excluding hydrogens is 462 g/mol. The maximum atomic E-state index is 9.00. The van der Waals surface area contributed by atoms with E-state index in [9.17, 15) is 0 Å². The van der Waals surface area contributed by atoms with Crippen LogP contribution in [0, 0.1) is 18.3 Å². The van der Waals surface area contributed by atoms with Gasteiger partial charge in [-0.2, -0.15) is 5.26 Å². The van der Waals surface area contributed by atoms with Crippen molar-refractivity contribution in [1.82, 2.24) is 24.8 Å². The van der Waals surface area contributed by atoms with Gasteiger partial charge < -0.3 is 10.1 Å². The largest absolute Gasteiger partial charge is 0.480 e. The van der Waals surface area contributed by atoms with Crippen molar-refractivity contribution in [2.24, 2.45) is 0 Å². The predicted molar refractivity (Wildman–Crippen MR) is 143 cm³/mol. The summed E-state index contributed by atoms with van der Waals surface area (Å²) < 4.78 is 5.45. The van der Waals surface area contributed by atoms with Gasteiger partial charge in [0.15, 0.2) is 0 Å². The van der Waals surface area contributed by atoms with Crippen molar-refractivity contribution >= 4 is 5.82 Å². The Hall–Kier alpha value is -4.35. The molecule has 0 bridgehead atoms. The molecule has 2 aromatic heterocycles. The maximum Gasteiger partial charge on any atom is 0.235 e. The maximum absolute atomic E-state index is 9.00. The third kappa shape index (κ3) is 5.74. The molecule has 0 saturated carbocycles. The number of aryl methyl sites for hydroxylation is 1. The SMILES string of the molecule is COc1nc(-c2ccccc2)c(-c2ccc(CN3CCC(Nc4ccnc(C#N)n4)CC3)cc2)nc1C. The van der Waals surface area contributed by atoms with Gasteiger partial charge in [0.25, 0.3) is 0 Å². The summed E-state index contributed by atoms with van der Waals surface area (Å²) in [5.74, 6) is 1.45. The number of aromatic nitrogens is 4. The molecule has 8 nitrogen and oxygen atoms in total. The third-order valence-electron chi connectivity index (χ3n) is 6.60. The van der Waals surface area contributed by atoms with Gasteiger partial charge in [0.2, 0.25) is 11.7 Å². The minimum absolute atomic E-state index is 0.192. The summed E-state index contributed by atoms with van der Waals surface area (Å²) in [7, 11) is 1.62. The fourth-order valence-electron chi connectivity index (χ4n) is 4.66. The van der Waals surface area contributed by atoms with Crippen LogP contribution in [-0.4, -0.2) is 51.1 Å². The van der Waals surface area contributed by atoms with Crippen LogP contribution in [0.15, 0.2) is 66.9 Å². The van der Waals surface area contributed by atoms with Gasteiger partial charge in [-0.3, -0.25) is 4.90 Å². The lowest BCUT2D eigenvalue weighted by Gasteiger charge is -2.32. The lowest BCUT2D eigenvalue weighted by molar-refractivity contribution is 0.211. The van der Waals surface area contributed by atoms with Crippen molar-refractivity contribution in [1.29, 1.82) is 5.26 Å². The number of nitrogens with zero attached hydrogens (tertiary/aromatic N) is 6. The topological polar surface area (TPSA) is 99.8 Å². The number of benzene rings is 2. The van der Waals surface area contributed by atoms with Crippen LogP contribution >= 0.6 is 0 Å². The normalized spacial score (nSPS) is 14.2. The van der Waals surface area contributed by atoms with Gasteiger partial charge in [-0.15, -0.1) is 0 Å². The van der Waals surface area contributed by atoms with Crippen LogP contribution < -0.4 is 10.1 Å². The first-order valence-corrected chi connectivity index (χ1v) is 12.4. The summed E-state index contributed by atoms with van der Waals surface area (Å²) in [6.45, 7) is 4.82. The summed E-state index contributed by atoms with van der Waals surface area (Å²) in [6, 6.07) is 22.9. The standard InChI is InChI=1S/C29H29N7O/c1-20-29(37-2)35-28(22-6-4-3-5-7-22)27(32-20)23-10-8-21(9-11-23)19-36-16-13-24(14-17-36)33-25-12-15-31-26(18-30)34-25/h3-12,15,24H,13-14,16-17,19H2,1-2H3,(H,31,33,34). The molecule has 4 aromatic rings. The molecule has 186 valence electrons. The summed E-state index contributed by atoms with van der Waals surface area (Å²) >= 11 is 0. The fourth-order valence-corrected chi connectivity index (χ4v) is 4.66. The summed E-state index contributed by atoms with van der Waals surface area (Å²) in [4.78, 5) is 20.3. The van der Waals surface area contributed by atoms with Crippen molar-refractivity contribution in [2.75, 3.05) is 25.5 Å². The highest BCUT2D eigenvalue weighted by Crippen LogP contribution is 2.32. The number of hydrogen-bond acceptors (Lipinski definition) is 8. The summed E-state index contributed by atoms with van der Waals surface area (Å²) in [5, 5.41) is 12.4. The molecule has 0 unspecified atom stereocenters. The molecule has 2 aromatic carbocycles. The highest BCUT2D eigenvalue weighted by molar-refractivity contribution is 5.78. The van der Waals surface area contributed by atoms with Gasteiger partial charge in [0, 0.05) is 43.0 Å². The van der Waals surface area contributed by atoms with E-state index in [1.165, 1.54) is 5.56 Å². The molecule has 0 aliphatic carbocycles. The summed E-state index contributed by atoms with van der Waals surface area (Å²) in [5.41, 5.74) is 5.75.